The Morgan fingerprint density at radius 1 is 1.20 bits per heavy atom. The van der Waals surface area contributed by atoms with Gasteiger partial charge in [0.25, 0.3) is 0 Å². The molecule has 5 heteroatoms. The van der Waals surface area contributed by atoms with Gasteiger partial charge < -0.3 is 14.2 Å². The van der Waals surface area contributed by atoms with Crippen molar-refractivity contribution >= 4 is 11.9 Å². The number of cyclic esters (lactones) is 2. The fourth-order valence-corrected chi connectivity index (χ4v) is 1.86. The van der Waals surface area contributed by atoms with Crippen molar-refractivity contribution in [1.29, 1.82) is 0 Å². The van der Waals surface area contributed by atoms with Gasteiger partial charge in [0.15, 0.2) is 0 Å². The SMILES string of the molecule is O=C1CCCC(C2COCCOC2=O)O1. The predicted molar refractivity (Wildman–Crippen MR) is 49.0 cm³/mol. The Morgan fingerprint density at radius 2 is 2.07 bits per heavy atom. The molecule has 0 aromatic carbocycles. The molecule has 0 saturated carbocycles. The summed E-state index contributed by atoms with van der Waals surface area (Å²) in [6.45, 7) is 0.996. The van der Waals surface area contributed by atoms with Crippen LogP contribution < -0.4 is 0 Å². The van der Waals surface area contributed by atoms with Gasteiger partial charge in [-0.3, -0.25) is 9.59 Å². The molecule has 0 aromatic rings. The average Bonchev–Trinajstić information content (AvgIpc) is 2.43. The quantitative estimate of drug-likeness (QED) is 0.586. The first-order chi connectivity index (χ1) is 7.27. The van der Waals surface area contributed by atoms with Crippen molar-refractivity contribution in [3.63, 3.8) is 0 Å². The molecule has 2 atom stereocenters. The van der Waals surface area contributed by atoms with E-state index < -0.39 is 5.92 Å². The zero-order valence-corrected chi connectivity index (χ0v) is 8.44. The molecule has 2 unspecified atom stereocenters. The Hall–Kier alpha value is -1.10. The molecule has 0 amide bonds. The van der Waals surface area contributed by atoms with E-state index in [4.69, 9.17) is 14.2 Å². The van der Waals surface area contributed by atoms with Gasteiger partial charge in [0.2, 0.25) is 0 Å². The van der Waals surface area contributed by atoms with Gasteiger partial charge in [-0.1, -0.05) is 0 Å². The second-order valence-electron chi connectivity index (χ2n) is 3.77. The van der Waals surface area contributed by atoms with E-state index in [1.165, 1.54) is 0 Å². The Balaban J connectivity index is 2.00. The third-order valence-electron chi connectivity index (χ3n) is 2.67. The van der Waals surface area contributed by atoms with Gasteiger partial charge in [0.1, 0.15) is 18.6 Å². The maximum atomic E-state index is 11.5. The highest BCUT2D eigenvalue weighted by Gasteiger charge is 2.36. The lowest BCUT2D eigenvalue weighted by Crippen LogP contribution is -2.37. The molecule has 2 fully saturated rings. The third-order valence-corrected chi connectivity index (χ3v) is 2.67. The lowest BCUT2D eigenvalue weighted by atomic mass is 9.96. The highest BCUT2D eigenvalue weighted by Crippen LogP contribution is 2.23. The number of hydrogen-bond donors (Lipinski definition) is 0. The van der Waals surface area contributed by atoms with E-state index in [2.05, 4.69) is 0 Å². The van der Waals surface area contributed by atoms with E-state index in [1.54, 1.807) is 0 Å². The number of hydrogen-bond acceptors (Lipinski definition) is 5. The summed E-state index contributed by atoms with van der Waals surface area (Å²) in [4.78, 5) is 22.6. The zero-order valence-electron chi connectivity index (χ0n) is 8.44. The molecule has 2 saturated heterocycles. The Labute approximate surface area is 87.7 Å². The van der Waals surface area contributed by atoms with Crippen molar-refractivity contribution in [2.75, 3.05) is 19.8 Å². The van der Waals surface area contributed by atoms with Crippen molar-refractivity contribution < 1.29 is 23.8 Å². The van der Waals surface area contributed by atoms with E-state index in [-0.39, 0.29) is 31.3 Å². The van der Waals surface area contributed by atoms with Crippen molar-refractivity contribution in [1.82, 2.24) is 0 Å². The molecule has 0 aromatic heterocycles. The Bertz CT molecular complexity index is 263. The molecular weight excluding hydrogens is 200 g/mol. The number of carbonyl (C=O) groups excluding carboxylic acids is 2. The van der Waals surface area contributed by atoms with Crippen LogP contribution in [0.15, 0.2) is 0 Å². The average molecular weight is 214 g/mol. The highest BCUT2D eigenvalue weighted by molar-refractivity contribution is 5.75. The molecule has 2 aliphatic rings. The van der Waals surface area contributed by atoms with Gasteiger partial charge in [0, 0.05) is 6.42 Å². The van der Waals surface area contributed by atoms with Gasteiger partial charge in [-0.05, 0) is 12.8 Å². The molecule has 0 bridgehead atoms. The molecule has 5 nitrogen and oxygen atoms in total. The monoisotopic (exact) mass is 214 g/mol. The van der Waals surface area contributed by atoms with Crippen LogP contribution in [0.3, 0.4) is 0 Å². The second-order valence-corrected chi connectivity index (χ2v) is 3.77. The summed E-state index contributed by atoms with van der Waals surface area (Å²) >= 11 is 0. The lowest BCUT2D eigenvalue weighted by Gasteiger charge is -2.27. The number of ether oxygens (including phenoxy) is 3. The first-order valence-corrected chi connectivity index (χ1v) is 5.21. The summed E-state index contributed by atoms with van der Waals surface area (Å²) in [7, 11) is 0. The summed E-state index contributed by atoms with van der Waals surface area (Å²) in [6.07, 6.45) is 1.57. The third kappa shape index (κ3) is 2.47. The molecule has 0 spiro atoms. The van der Waals surface area contributed by atoms with Crippen LogP contribution in [0.2, 0.25) is 0 Å². The number of esters is 2. The van der Waals surface area contributed by atoms with E-state index in [0.29, 0.717) is 13.0 Å². The summed E-state index contributed by atoms with van der Waals surface area (Å²) in [6, 6.07) is 0. The Kier molecular flexibility index (Phi) is 3.20. The van der Waals surface area contributed by atoms with Gasteiger partial charge in [0.05, 0.1) is 13.2 Å². The topological polar surface area (TPSA) is 61.8 Å². The fourth-order valence-electron chi connectivity index (χ4n) is 1.86. The van der Waals surface area contributed by atoms with Crippen molar-refractivity contribution in [2.24, 2.45) is 5.92 Å². The van der Waals surface area contributed by atoms with Gasteiger partial charge in [-0.25, -0.2) is 0 Å². The van der Waals surface area contributed by atoms with Crippen LogP contribution in [0.1, 0.15) is 19.3 Å². The number of rotatable bonds is 1. The van der Waals surface area contributed by atoms with Crippen LogP contribution in [0, 0.1) is 5.92 Å². The van der Waals surface area contributed by atoms with Crippen LogP contribution >= 0.6 is 0 Å². The largest absolute Gasteiger partial charge is 0.463 e. The van der Waals surface area contributed by atoms with Crippen molar-refractivity contribution in [3.8, 4) is 0 Å². The minimum absolute atomic E-state index is 0.233. The van der Waals surface area contributed by atoms with Crippen LogP contribution in [-0.4, -0.2) is 37.9 Å². The normalized spacial score (nSPS) is 32.8. The van der Waals surface area contributed by atoms with Crippen LogP contribution in [0.5, 0.6) is 0 Å². The molecule has 2 heterocycles. The molecular formula is C10H14O5. The minimum atomic E-state index is -0.447. The fraction of sp³-hybridized carbons (Fsp3) is 0.800. The van der Waals surface area contributed by atoms with Crippen LogP contribution in [-0.2, 0) is 23.8 Å². The number of carbonyl (C=O) groups is 2. The molecule has 2 rings (SSSR count). The maximum absolute atomic E-state index is 11.5. The van der Waals surface area contributed by atoms with Gasteiger partial charge >= 0.3 is 11.9 Å². The summed E-state index contributed by atoms with van der Waals surface area (Å²) in [5.41, 5.74) is 0. The van der Waals surface area contributed by atoms with E-state index >= 15 is 0 Å². The zero-order chi connectivity index (χ0) is 10.7. The minimum Gasteiger partial charge on any atom is -0.463 e. The Morgan fingerprint density at radius 3 is 2.87 bits per heavy atom. The smallest absolute Gasteiger partial charge is 0.315 e. The predicted octanol–water partition coefficient (Wildman–Crippen LogP) is 0.272. The highest BCUT2D eigenvalue weighted by atomic mass is 16.6. The molecule has 2 aliphatic heterocycles. The van der Waals surface area contributed by atoms with Crippen molar-refractivity contribution in [3.05, 3.63) is 0 Å². The standard InChI is InChI=1S/C10H14O5/c11-9-3-1-2-8(15-9)7-6-13-4-5-14-10(7)12/h7-8H,1-6H2. The first-order valence-electron chi connectivity index (χ1n) is 5.21. The lowest BCUT2D eigenvalue weighted by molar-refractivity contribution is -0.165. The molecule has 0 aliphatic carbocycles. The van der Waals surface area contributed by atoms with Crippen molar-refractivity contribution in [2.45, 2.75) is 25.4 Å². The molecule has 0 radical (unpaired) electrons. The second kappa shape index (κ2) is 4.61. The molecule has 84 valence electrons. The van der Waals surface area contributed by atoms with Crippen LogP contribution in [0.25, 0.3) is 0 Å². The molecule has 0 N–H and O–H groups in total. The molecule has 15 heavy (non-hydrogen) atoms. The summed E-state index contributed by atoms with van der Waals surface area (Å²) in [5.74, 6) is -0.993. The van der Waals surface area contributed by atoms with Gasteiger partial charge in [-0.2, -0.15) is 0 Å². The van der Waals surface area contributed by atoms with E-state index in [0.717, 1.165) is 12.8 Å². The van der Waals surface area contributed by atoms with Gasteiger partial charge in [-0.15, -0.1) is 0 Å². The summed E-state index contributed by atoms with van der Waals surface area (Å²) in [5, 5.41) is 0. The van der Waals surface area contributed by atoms with E-state index in [1.807, 2.05) is 0 Å². The van der Waals surface area contributed by atoms with Crippen LogP contribution in [0.4, 0.5) is 0 Å². The summed E-state index contributed by atoms with van der Waals surface area (Å²) < 4.78 is 15.3. The maximum Gasteiger partial charge on any atom is 0.315 e. The van der Waals surface area contributed by atoms with E-state index in [9.17, 15) is 9.59 Å². The first kappa shape index (κ1) is 10.4.